The fraction of sp³-hybridized carbons (Fsp3) is 0.375. The molecule has 1 atom stereocenters. The molecule has 0 bridgehead atoms. The molecule has 0 aromatic heterocycles. The van der Waals surface area contributed by atoms with Crippen LogP contribution in [-0.2, 0) is 28.0 Å². The summed E-state index contributed by atoms with van der Waals surface area (Å²) in [4.78, 5) is 29.0. The third-order valence-corrected chi connectivity index (χ3v) is 7.22. The first-order chi connectivity index (χ1) is 18.6. The molecule has 39 heavy (non-hydrogen) atoms. The number of halogens is 2. The van der Waals surface area contributed by atoms with Crippen molar-refractivity contribution in [1.82, 2.24) is 10.2 Å². The molecule has 0 aliphatic carbocycles. The van der Waals surface area contributed by atoms with E-state index in [1.165, 1.54) is 0 Å². The summed E-state index contributed by atoms with van der Waals surface area (Å²) < 4.78 is 6.10. The molecular weight excluding hydrogens is 531 g/mol. The smallest absolute Gasteiger partial charge is 0.261 e. The zero-order valence-corrected chi connectivity index (χ0v) is 24.7. The van der Waals surface area contributed by atoms with Crippen molar-refractivity contribution in [3.8, 4) is 5.75 Å². The van der Waals surface area contributed by atoms with Crippen LogP contribution in [0.1, 0.15) is 57.2 Å². The highest BCUT2D eigenvalue weighted by Crippen LogP contribution is 2.31. The quantitative estimate of drug-likeness (QED) is 0.234. The van der Waals surface area contributed by atoms with Gasteiger partial charge in [0.2, 0.25) is 5.91 Å². The van der Waals surface area contributed by atoms with Gasteiger partial charge in [-0.2, -0.15) is 0 Å². The van der Waals surface area contributed by atoms with Crippen LogP contribution in [0.4, 0.5) is 0 Å². The first-order valence-corrected chi connectivity index (χ1v) is 14.1. The lowest BCUT2D eigenvalue weighted by Gasteiger charge is -2.32. The van der Waals surface area contributed by atoms with Crippen LogP contribution in [0.15, 0.2) is 72.8 Å². The van der Waals surface area contributed by atoms with Crippen LogP contribution >= 0.6 is 23.2 Å². The van der Waals surface area contributed by atoms with Crippen molar-refractivity contribution in [1.29, 1.82) is 0 Å². The Morgan fingerprint density at radius 1 is 0.923 bits per heavy atom. The van der Waals surface area contributed by atoms with Crippen molar-refractivity contribution in [2.75, 3.05) is 13.2 Å². The van der Waals surface area contributed by atoms with Gasteiger partial charge >= 0.3 is 0 Å². The summed E-state index contributed by atoms with van der Waals surface area (Å²) in [6, 6.07) is 21.9. The third kappa shape index (κ3) is 9.01. The third-order valence-electron chi connectivity index (χ3n) is 6.48. The molecule has 0 heterocycles. The van der Waals surface area contributed by atoms with Crippen LogP contribution in [0, 0.1) is 0 Å². The van der Waals surface area contributed by atoms with E-state index >= 15 is 0 Å². The average molecular weight is 570 g/mol. The van der Waals surface area contributed by atoms with Crippen molar-refractivity contribution in [3.63, 3.8) is 0 Å². The molecule has 0 saturated heterocycles. The molecule has 5 nitrogen and oxygen atoms in total. The maximum atomic E-state index is 13.9. The van der Waals surface area contributed by atoms with Crippen molar-refractivity contribution >= 4 is 35.0 Å². The highest BCUT2D eigenvalue weighted by atomic mass is 35.5. The molecule has 3 aromatic carbocycles. The SMILES string of the molecule is CCCCNC(=O)[C@H](Cc1ccccc1)N(Cc1ccc(Cl)c(Cl)c1)C(=O)COc1ccccc1C(C)(C)C. The van der Waals surface area contributed by atoms with Crippen LogP contribution in [0.3, 0.4) is 0 Å². The monoisotopic (exact) mass is 568 g/mol. The number of unbranched alkanes of at least 4 members (excludes halogenated alkanes) is 1. The Balaban J connectivity index is 1.94. The highest BCUT2D eigenvalue weighted by molar-refractivity contribution is 6.42. The zero-order valence-electron chi connectivity index (χ0n) is 23.2. The van der Waals surface area contributed by atoms with E-state index in [1.54, 1.807) is 17.0 Å². The van der Waals surface area contributed by atoms with Crippen molar-refractivity contribution < 1.29 is 14.3 Å². The molecule has 0 radical (unpaired) electrons. The van der Waals surface area contributed by atoms with Gasteiger partial charge < -0.3 is 15.0 Å². The summed E-state index contributed by atoms with van der Waals surface area (Å²) in [5, 5.41) is 3.85. The predicted octanol–water partition coefficient (Wildman–Crippen LogP) is 7.23. The van der Waals surface area contributed by atoms with Gasteiger partial charge in [-0.15, -0.1) is 0 Å². The van der Waals surface area contributed by atoms with E-state index in [1.807, 2.05) is 60.7 Å². The lowest BCUT2D eigenvalue weighted by molar-refractivity contribution is -0.142. The van der Waals surface area contributed by atoms with Gasteiger partial charge in [0.25, 0.3) is 5.91 Å². The van der Waals surface area contributed by atoms with Crippen LogP contribution in [-0.4, -0.2) is 35.9 Å². The predicted molar refractivity (Wildman–Crippen MR) is 160 cm³/mol. The van der Waals surface area contributed by atoms with Crippen LogP contribution < -0.4 is 10.1 Å². The van der Waals surface area contributed by atoms with E-state index in [2.05, 4.69) is 33.0 Å². The highest BCUT2D eigenvalue weighted by Gasteiger charge is 2.31. The van der Waals surface area contributed by atoms with Crippen LogP contribution in [0.5, 0.6) is 5.75 Å². The van der Waals surface area contributed by atoms with Gasteiger partial charge in [0.05, 0.1) is 10.0 Å². The molecule has 7 heteroatoms. The summed E-state index contributed by atoms with van der Waals surface area (Å²) in [7, 11) is 0. The second-order valence-electron chi connectivity index (χ2n) is 10.7. The fourth-order valence-corrected chi connectivity index (χ4v) is 4.65. The van der Waals surface area contributed by atoms with E-state index in [0.29, 0.717) is 28.8 Å². The molecule has 0 aliphatic rings. The molecule has 0 unspecified atom stereocenters. The van der Waals surface area contributed by atoms with Gasteiger partial charge in [0.15, 0.2) is 6.61 Å². The number of amides is 2. The first kappa shape index (κ1) is 30.5. The maximum Gasteiger partial charge on any atom is 0.261 e. The number of carbonyl (C=O) groups excluding carboxylic acids is 2. The summed E-state index contributed by atoms with van der Waals surface area (Å²) in [6.07, 6.45) is 2.18. The normalized spacial score (nSPS) is 12.1. The Hall–Kier alpha value is -3.02. The largest absolute Gasteiger partial charge is 0.483 e. The van der Waals surface area contributed by atoms with E-state index < -0.39 is 6.04 Å². The average Bonchev–Trinajstić information content (AvgIpc) is 2.91. The molecule has 0 spiro atoms. The topological polar surface area (TPSA) is 58.6 Å². The molecule has 0 fully saturated rings. The van der Waals surface area contributed by atoms with Gasteiger partial charge in [0, 0.05) is 19.5 Å². The van der Waals surface area contributed by atoms with Gasteiger partial charge in [0.1, 0.15) is 11.8 Å². The lowest BCUT2D eigenvalue weighted by Crippen LogP contribution is -2.51. The van der Waals surface area contributed by atoms with E-state index in [9.17, 15) is 9.59 Å². The Labute approximate surface area is 242 Å². The summed E-state index contributed by atoms with van der Waals surface area (Å²) in [5.74, 6) is 0.159. The van der Waals surface area contributed by atoms with Gasteiger partial charge in [-0.25, -0.2) is 0 Å². The van der Waals surface area contributed by atoms with Gasteiger partial charge in [-0.1, -0.05) is 112 Å². The number of para-hydroxylation sites is 1. The number of benzene rings is 3. The van der Waals surface area contributed by atoms with E-state index in [4.69, 9.17) is 27.9 Å². The number of nitrogens with one attached hydrogen (secondary N) is 1. The Morgan fingerprint density at radius 3 is 2.28 bits per heavy atom. The molecule has 0 saturated carbocycles. The van der Waals surface area contributed by atoms with E-state index in [-0.39, 0.29) is 30.4 Å². The Kier molecular flexibility index (Phi) is 11.3. The van der Waals surface area contributed by atoms with Crippen LogP contribution in [0.25, 0.3) is 0 Å². The van der Waals surface area contributed by atoms with Crippen molar-refractivity contribution in [2.45, 2.75) is 65.0 Å². The molecular formula is C32H38Cl2N2O3. The second kappa shape index (κ2) is 14.4. The Bertz CT molecular complexity index is 1240. The number of ether oxygens (including phenoxy) is 1. The summed E-state index contributed by atoms with van der Waals surface area (Å²) >= 11 is 12.4. The minimum Gasteiger partial charge on any atom is -0.483 e. The Morgan fingerprint density at radius 2 is 1.62 bits per heavy atom. The number of hydrogen-bond donors (Lipinski definition) is 1. The molecule has 1 N–H and O–H groups in total. The number of nitrogens with zero attached hydrogens (tertiary/aromatic N) is 1. The molecule has 208 valence electrons. The maximum absolute atomic E-state index is 13.9. The summed E-state index contributed by atoms with van der Waals surface area (Å²) in [5.41, 5.74) is 2.58. The summed E-state index contributed by atoms with van der Waals surface area (Å²) in [6.45, 7) is 8.89. The molecule has 2 amide bonds. The number of hydrogen-bond acceptors (Lipinski definition) is 3. The standard InChI is InChI=1S/C32H38Cl2N2O3/c1-5-6-18-35-31(38)28(20-23-12-8-7-9-13-23)36(21-24-16-17-26(33)27(34)19-24)30(37)22-39-29-15-11-10-14-25(29)32(2,3)4/h7-17,19,28H,5-6,18,20-22H2,1-4H3,(H,35,38)/t28-/m0/s1. The lowest BCUT2D eigenvalue weighted by atomic mass is 9.86. The van der Waals surface area contributed by atoms with Gasteiger partial charge in [-0.05, 0) is 46.7 Å². The van der Waals surface area contributed by atoms with Crippen molar-refractivity contribution in [2.24, 2.45) is 0 Å². The van der Waals surface area contributed by atoms with Gasteiger partial charge in [-0.3, -0.25) is 9.59 Å². The zero-order chi connectivity index (χ0) is 28.4. The molecule has 3 rings (SSSR count). The second-order valence-corrected chi connectivity index (χ2v) is 11.5. The first-order valence-electron chi connectivity index (χ1n) is 13.4. The minimum atomic E-state index is -0.743. The number of carbonyl (C=O) groups is 2. The van der Waals surface area contributed by atoms with Crippen molar-refractivity contribution in [3.05, 3.63) is 99.5 Å². The number of rotatable bonds is 12. The minimum absolute atomic E-state index is 0.158. The van der Waals surface area contributed by atoms with E-state index in [0.717, 1.165) is 29.5 Å². The molecule has 3 aromatic rings. The molecule has 0 aliphatic heterocycles. The fourth-order valence-electron chi connectivity index (χ4n) is 4.33. The van der Waals surface area contributed by atoms with Crippen LogP contribution in [0.2, 0.25) is 10.0 Å².